The van der Waals surface area contributed by atoms with Gasteiger partial charge in [-0.15, -0.1) is 12.4 Å². The first kappa shape index (κ1) is 15.2. The molecule has 20 heavy (non-hydrogen) atoms. The number of halogens is 2. The molecule has 4 heteroatoms. The number of nitrogens with two attached hydrogens (primary N) is 1. The van der Waals surface area contributed by atoms with E-state index in [9.17, 15) is 0 Å². The van der Waals surface area contributed by atoms with Crippen LogP contribution in [0.4, 0.5) is 11.4 Å². The van der Waals surface area contributed by atoms with Crippen molar-refractivity contribution in [2.45, 2.75) is 12.8 Å². The van der Waals surface area contributed by atoms with Gasteiger partial charge in [0.25, 0.3) is 0 Å². The number of fused-ring (bicyclic) bond motifs is 2. The molecule has 0 radical (unpaired) electrons. The fourth-order valence-electron chi connectivity index (χ4n) is 2.75. The van der Waals surface area contributed by atoms with Crippen molar-refractivity contribution < 1.29 is 0 Å². The molecule has 106 valence electrons. The SMILES string of the molecule is Cl.NCCN1c2ccccc2CCc2ccc(Cl)cc21. The smallest absolute Gasteiger partial charge is 0.0458 e. The summed E-state index contributed by atoms with van der Waals surface area (Å²) in [4.78, 5) is 2.30. The third-order valence-electron chi connectivity index (χ3n) is 3.64. The summed E-state index contributed by atoms with van der Waals surface area (Å²) < 4.78 is 0. The van der Waals surface area contributed by atoms with Gasteiger partial charge < -0.3 is 10.6 Å². The number of anilines is 2. The highest BCUT2D eigenvalue weighted by atomic mass is 35.5. The van der Waals surface area contributed by atoms with Gasteiger partial charge in [0.1, 0.15) is 0 Å². The zero-order valence-electron chi connectivity index (χ0n) is 11.2. The number of nitrogens with zero attached hydrogens (tertiary/aromatic N) is 1. The molecule has 0 atom stereocenters. The average molecular weight is 309 g/mol. The molecular weight excluding hydrogens is 291 g/mol. The molecule has 0 bridgehead atoms. The Kier molecular flexibility index (Phi) is 4.92. The van der Waals surface area contributed by atoms with Gasteiger partial charge in [-0.2, -0.15) is 0 Å². The Morgan fingerprint density at radius 2 is 1.70 bits per heavy atom. The molecular formula is C16H18Cl2N2. The highest BCUT2D eigenvalue weighted by Crippen LogP contribution is 2.36. The molecule has 0 spiro atoms. The minimum atomic E-state index is 0. The molecule has 0 saturated carbocycles. The van der Waals surface area contributed by atoms with E-state index >= 15 is 0 Å². The lowest BCUT2D eigenvalue weighted by atomic mass is 10.0. The minimum absolute atomic E-state index is 0. The number of para-hydroxylation sites is 1. The number of aryl methyl sites for hydroxylation is 2. The van der Waals surface area contributed by atoms with Crippen LogP contribution in [0.1, 0.15) is 11.1 Å². The standard InChI is InChI=1S/C16H17ClN2.ClH/c17-14-8-7-13-6-5-12-3-1-2-4-15(12)19(10-9-18)16(13)11-14;/h1-4,7-8,11H,5-6,9-10,18H2;1H. The molecule has 0 amide bonds. The molecule has 0 unspecified atom stereocenters. The first-order chi connectivity index (χ1) is 9.29. The van der Waals surface area contributed by atoms with Crippen LogP contribution in [0.3, 0.4) is 0 Å². The summed E-state index contributed by atoms with van der Waals surface area (Å²) in [6, 6.07) is 14.7. The van der Waals surface area contributed by atoms with E-state index in [1.165, 1.54) is 22.5 Å². The summed E-state index contributed by atoms with van der Waals surface area (Å²) >= 11 is 6.16. The Bertz CT molecular complexity index is 599. The van der Waals surface area contributed by atoms with Crippen molar-refractivity contribution in [3.8, 4) is 0 Å². The van der Waals surface area contributed by atoms with Crippen molar-refractivity contribution in [1.29, 1.82) is 0 Å². The number of rotatable bonds is 2. The Balaban J connectivity index is 0.00000147. The summed E-state index contributed by atoms with van der Waals surface area (Å²) in [7, 11) is 0. The molecule has 3 rings (SSSR count). The molecule has 2 aromatic carbocycles. The van der Waals surface area contributed by atoms with Crippen LogP contribution in [0, 0.1) is 0 Å². The molecule has 0 aliphatic carbocycles. The summed E-state index contributed by atoms with van der Waals surface area (Å²) in [6.45, 7) is 1.44. The maximum Gasteiger partial charge on any atom is 0.0458 e. The van der Waals surface area contributed by atoms with Gasteiger partial charge in [-0.1, -0.05) is 35.9 Å². The summed E-state index contributed by atoms with van der Waals surface area (Å²) in [5.41, 5.74) is 11.0. The van der Waals surface area contributed by atoms with Crippen molar-refractivity contribution in [2.24, 2.45) is 5.73 Å². The molecule has 0 aromatic heterocycles. The molecule has 1 aliphatic heterocycles. The van der Waals surface area contributed by atoms with Crippen LogP contribution in [-0.4, -0.2) is 13.1 Å². The van der Waals surface area contributed by atoms with Gasteiger partial charge in [-0.3, -0.25) is 0 Å². The second kappa shape index (κ2) is 6.49. The molecule has 0 saturated heterocycles. The Hall–Kier alpha value is -1.22. The fourth-order valence-corrected chi connectivity index (χ4v) is 2.92. The Morgan fingerprint density at radius 3 is 2.45 bits per heavy atom. The summed E-state index contributed by atoms with van der Waals surface area (Å²) in [6.07, 6.45) is 2.11. The van der Waals surface area contributed by atoms with Gasteiger partial charge in [0.2, 0.25) is 0 Å². The molecule has 0 fully saturated rings. The first-order valence-electron chi connectivity index (χ1n) is 6.63. The van der Waals surface area contributed by atoms with Crippen LogP contribution in [0.5, 0.6) is 0 Å². The van der Waals surface area contributed by atoms with Gasteiger partial charge in [-0.05, 0) is 42.2 Å². The largest absolute Gasteiger partial charge is 0.340 e. The first-order valence-corrected chi connectivity index (χ1v) is 7.01. The molecule has 2 nitrogen and oxygen atoms in total. The van der Waals surface area contributed by atoms with Crippen LogP contribution in [0.15, 0.2) is 42.5 Å². The van der Waals surface area contributed by atoms with Crippen LogP contribution < -0.4 is 10.6 Å². The lowest BCUT2D eigenvalue weighted by Crippen LogP contribution is -2.25. The molecule has 1 heterocycles. The molecule has 2 aromatic rings. The lowest BCUT2D eigenvalue weighted by Gasteiger charge is -2.26. The van der Waals surface area contributed by atoms with Gasteiger partial charge in [0.05, 0.1) is 0 Å². The zero-order chi connectivity index (χ0) is 13.2. The lowest BCUT2D eigenvalue weighted by molar-refractivity contribution is 0.919. The van der Waals surface area contributed by atoms with E-state index in [-0.39, 0.29) is 12.4 Å². The van der Waals surface area contributed by atoms with Crippen LogP contribution in [0.2, 0.25) is 5.02 Å². The average Bonchev–Trinajstić information content (AvgIpc) is 2.58. The third kappa shape index (κ3) is 2.78. The van der Waals surface area contributed by atoms with Gasteiger partial charge in [0, 0.05) is 29.5 Å². The van der Waals surface area contributed by atoms with Crippen molar-refractivity contribution in [2.75, 3.05) is 18.0 Å². The highest BCUT2D eigenvalue weighted by Gasteiger charge is 2.19. The van der Waals surface area contributed by atoms with Crippen molar-refractivity contribution in [1.82, 2.24) is 0 Å². The predicted molar refractivity (Wildman–Crippen MR) is 88.6 cm³/mol. The van der Waals surface area contributed by atoms with E-state index < -0.39 is 0 Å². The summed E-state index contributed by atoms with van der Waals surface area (Å²) in [5, 5.41) is 0.778. The van der Waals surface area contributed by atoms with E-state index in [0.717, 1.165) is 24.4 Å². The highest BCUT2D eigenvalue weighted by molar-refractivity contribution is 6.30. The van der Waals surface area contributed by atoms with Crippen LogP contribution in [0.25, 0.3) is 0 Å². The van der Waals surface area contributed by atoms with Gasteiger partial charge in [0.15, 0.2) is 0 Å². The van der Waals surface area contributed by atoms with E-state index in [1.54, 1.807) is 0 Å². The molecule has 2 N–H and O–H groups in total. The summed E-state index contributed by atoms with van der Waals surface area (Å²) in [5.74, 6) is 0. The fraction of sp³-hybridized carbons (Fsp3) is 0.250. The van der Waals surface area contributed by atoms with E-state index in [4.69, 9.17) is 17.3 Å². The Labute approximate surface area is 130 Å². The molecule has 1 aliphatic rings. The van der Waals surface area contributed by atoms with E-state index in [1.807, 2.05) is 6.07 Å². The minimum Gasteiger partial charge on any atom is -0.340 e. The zero-order valence-corrected chi connectivity index (χ0v) is 12.8. The van der Waals surface area contributed by atoms with Crippen molar-refractivity contribution >= 4 is 35.4 Å². The Morgan fingerprint density at radius 1 is 1.00 bits per heavy atom. The second-order valence-electron chi connectivity index (χ2n) is 4.84. The van der Waals surface area contributed by atoms with E-state index in [0.29, 0.717) is 6.54 Å². The van der Waals surface area contributed by atoms with Crippen molar-refractivity contribution in [3.05, 3.63) is 58.6 Å². The quantitative estimate of drug-likeness (QED) is 0.910. The van der Waals surface area contributed by atoms with E-state index in [2.05, 4.69) is 41.3 Å². The third-order valence-corrected chi connectivity index (χ3v) is 3.87. The maximum absolute atomic E-state index is 6.16. The van der Waals surface area contributed by atoms with Crippen molar-refractivity contribution in [3.63, 3.8) is 0 Å². The predicted octanol–water partition coefficient (Wildman–Crippen LogP) is 3.96. The number of hydrogen-bond acceptors (Lipinski definition) is 2. The number of benzene rings is 2. The van der Waals surface area contributed by atoms with Gasteiger partial charge in [-0.25, -0.2) is 0 Å². The van der Waals surface area contributed by atoms with Gasteiger partial charge >= 0.3 is 0 Å². The topological polar surface area (TPSA) is 29.3 Å². The second-order valence-corrected chi connectivity index (χ2v) is 5.28. The monoisotopic (exact) mass is 308 g/mol. The van der Waals surface area contributed by atoms with Crippen LogP contribution in [-0.2, 0) is 12.8 Å². The number of hydrogen-bond donors (Lipinski definition) is 1. The maximum atomic E-state index is 6.16. The normalized spacial score (nSPS) is 13.0. The van der Waals surface area contributed by atoms with Crippen LogP contribution >= 0.6 is 24.0 Å².